The maximum absolute atomic E-state index is 11.4. The third-order valence-corrected chi connectivity index (χ3v) is 4.26. The van der Waals surface area contributed by atoms with Crippen molar-refractivity contribution < 1.29 is 4.79 Å². The van der Waals surface area contributed by atoms with Crippen molar-refractivity contribution in [2.24, 2.45) is 26.1 Å². The fraction of sp³-hybridized carbons (Fsp3) is 0.579. The number of allylic oxidation sites excluding steroid dienone is 3. The number of rotatable bonds is 5. The number of primary amides is 1. The molecule has 0 aromatic carbocycles. The van der Waals surface area contributed by atoms with Crippen LogP contribution in [0.4, 0.5) is 0 Å². The Labute approximate surface area is 151 Å². The highest BCUT2D eigenvalue weighted by atomic mass is 16.1. The lowest BCUT2D eigenvalue weighted by atomic mass is 9.86. The van der Waals surface area contributed by atoms with Crippen LogP contribution in [0.3, 0.4) is 0 Å². The van der Waals surface area contributed by atoms with Gasteiger partial charge in [-0.15, -0.1) is 0 Å². The first kappa shape index (κ1) is 20.8. The van der Waals surface area contributed by atoms with Gasteiger partial charge in [-0.1, -0.05) is 26.0 Å². The molecule has 0 saturated carbocycles. The van der Waals surface area contributed by atoms with E-state index in [0.29, 0.717) is 12.3 Å². The lowest BCUT2D eigenvalue weighted by Gasteiger charge is -2.25. The molecule has 0 aliphatic carbocycles. The quantitative estimate of drug-likeness (QED) is 0.614. The SMILES string of the molecule is C/C=C1\C(=C/C)N(C(=NC=NCC)C(C)N=C(C)C(N)=O)CC1(C)C. The third-order valence-electron chi connectivity index (χ3n) is 4.26. The lowest BCUT2D eigenvalue weighted by molar-refractivity contribution is -0.112. The second-order valence-corrected chi connectivity index (χ2v) is 6.70. The van der Waals surface area contributed by atoms with Crippen LogP contribution in [0.25, 0.3) is 0 Å². The Morgan fingerprint density at radius 2 is 2.00 bits per heavy atom. The summed E-state index contributed by atoms with van der Waals surface area (Å²) in [6.07, 6.45) is 5.80. The van der Waals surface area contributed by atoms with Gasteiger partial charge in [0, 0.05) is 24.2 Å². The average molecular weight is 345 g/mol. The Morgan fingerprint density at radius 3 is 2.48 bits per heavy atom. The molecule has 1 amide bonds. The Kier molecular flexibility index (Phi) is 7.27. The van der Waals surface area contributed by atoms with Crippen LogP contribution in [0, 0.1) is 5.41 Å². The lowest BCUT2D eigenvalue weighted by Crippen LogP contribution is -2.37. The predicted molar refractivity (Wildman–Crippen MR) is 106 cm³/mol. The number of hydrogen-bond donors (Lipinski definition) is 1. The first-order valence-corrected chi connectivity index (χ1v) is 8.70. The number of amidine groups is 1. The summed E-state index contributed by atoms with van der Waals surface area (Å²) in [6, 6.07) is -0.308. The Bertz CT molecular complexity index is 653. The number of aliphatic imine (C=N–C) groups is 3. The highest BCUT2D eigenvalue weighted by Gasteiger charge is 2.40. The molecule has 1 unspecified atom stereocenters. The molecule has 0 radical (unpaired) electrons. The van der Waals surface area contributed by atoms with Crippen molar-refractivity contribution in [3.8, 4) is 0 Å². The molecule has 0 spiro atoms. The number of amides is 1. The van der Waals surface area contributed by atoms with E-state index >= 15 is 0 Å². The maximum atomic E-state index is 11.4. The minimum absolute atomic E-state index is 0.00142. The summed E-state index contributed by atoms with van der Waals surface area (Å²) in [5.74, 6) is 0.242. The van der Waals surface area contributed by atoms with Crippen molar-refractivity contribution in [1.82, 2.24) is 4.90 Å². The van der Waals surface area contributed by atoms with E-state index in [2.05, 4.69) is 52.8 Å². The molecule has 1 atom stereocenters. The molecular formula is C19H31N5O. The summed E-state index contributed by atoms with van der Waals surface area (Å²) in [5.41, 5.74) is 8.02. The number of hydrogen-bond acceptors (Lipinski definition) is 3. The highest BCUT2D eigenvalue weighted by Crippen LogP contribution is 2.42. The first-order valence-electron chi connectivity index (χ1n) is 8.70. The second-order valence-electron chi connectivity index (χ2n) is 6.70. The molecule has 1 rings (SSSR count). The molecule has 6 nitrogen and oxygen atoms in total. The van der Waals surface area contributed by atoms with Crippen LogP contribution >= 0.6 is 0 Å². The smallest absolute Gasteiger partial charge is 0.262 e. The van der Waals surface area contributed by atoms with Gasteiger partial charge in [0.1, 0.15) is 18.2 Å². The van der Waals surface area contributed by atoms with Gasteiger partial charge < -0.3 is 10.6 Å². The third kappa shape index (κ3) is 4.87. The molecule has 1 fully saturated rings. The van der Waals surface area contributed by atoms with E-state index in [0.717, 1.165) is 18.1 Å². The van der Waals surface area contributed by atoms with Crippen LogP contribution in [0.15, 0.2) is 38.4 Å². The van der Waals surface area contributed by atoms with Crippen LogP contribution < -0.4 is 5.73 Å². The van der Waals surface area contributed by atoms with Crippen LogP contribution in [-0.4, -0.2) is 47.8 Å². The maximum Gasteiger partial charge on any atom is 0.262 e. The molecule has 0 bridgehead atoms. The molecule has 1 aliphatic rings. The number of likely N-dealkylation sites (tertiary alicyclic amines) is 1. The fourth-order valence-electron chi connectivity index (χ4n) is 3.11. The molecule has 1 heterocycles. The molecule has 0 aromatic heterocycles. The van der Waals surface area contributed by atoms with E-state index in [4.69, 9.17) is 5.73 Å². The summed E-state index contributed by atoms with van der Waals surface area (Å²) in [4.78, 5) is 26.7. The summed E-state index contributed by atoms with van der Waals surface area (Å²) in [7, 11) is 0. The van der Waals surface area contributed by atoms with Gasteiger partial charge in [0.2, 0.25) is 0 Å². The average Bonchev–Trinajstić information content (AvgIpc) is 2.80. The van der Waals surface area contributed by atoms with Gasteiger partial charge in [-0.05, 0) is 40.2 Å². The van der Waals surface area contributed by atoms with Crippen LogP contribution in [-0.2, 0) is 4.79 Å². The number of carbonyl (C=O) groups excluding carboxylic acids is 1. The summed E-state index contributed by atoms with van der Waals surface area (Å²) < 4.78 is 0. The van der Waals surface area contributed by atoms with Gasteiger partial charge in [-0.25, -0.2) is 4.99 Å². The van der Waals surface area contributed by atoms with E-state index < -0.39 is 5.91 Å². The highest BCUT2D eigenvalue weighted by molar-refractivity contribution is 6.37. The molecule has 0 aromatic rings. The summed E-state index contributed by atoms with van der Waals surface area (Å²) in [6.45, 7) is 15.5. The van der Waals surface area contributed by atoms with Crippen molar-refractivity contribution in [3.63, 3.8) is 0 Å². The van der Waals surface area contributed by atoms with Gasteiger partial charge in [-0.3, -0.25) is 14.8 Å². The Hall–Kier alpha value is -2.24. The van der Waals surface area contributed by atoms with Gasteiger partial charge in [0.25, 0.3) is 5.91 Å². The molecule has 1 aliphatic heterocycles. The molecule has 25 heavy (non-hydrogen) atoms. The van der Waals surface area contributed by atoms with Gasteiger partial charge in [0.05, 0.1) is 5.71 Å². The van der Waals surface area contributed by atoms with Crippen molar-refractivity contribution in [2.75, 3.05) is 13.1 Å². The Balaban J connectivity index is 3.39. The van der Waals surface area contributed by atoms with Crippen molar-refractivity contribution in [2.45, 2.75) is 54.5 Å². The largest absolute Gasteiger partial charge is 0.365 e. The fourth-order valence-corrected chi connectivity index (χ4v) is 3.11. The second kappa shape index (κ2) is 8.74. The van der Waals surface area contributed by atoms with Gasteiger partial charge >= 0.3 is 0 Å². The molecule has 1 saturated heterocycles. The number of nitrogens with zero attached hydrogens (tertiary/aromatic N) is 4. The molecule has 2 N–H and O–H groups in total. The van der Waals surface area contributed by atoms with Crippen molar-refractivity contribution >= 4 is 23.8 Å². The van der Waals surface area contributed by atoms with E-state index in [9.17, 15) is 4.79 Å². The monoisotopic (exact) mass is 345 g/mol. The normalized spacial score (nSPS) is 23.1. The zero-order valence-electron chi connectivity index (χ0n) is 16.5. The molecular weight excluding hydrogens is 314 g/mol. The molecule has 138 valence electrons. The first-order chi connectivity index (χ1) is 11.7. The summed E-state index contributed by atoms with van der Waals surface area (Å²) in [5, 5.41) is 0. The zero-order chi connectivity index (χ0) is 19.2. The van der Waals surface area contributed by atoms with Gasteiger partial charge in [-0.2, -0.15) is 0 Å². The topological polar surface area (TPSA) is 83.4 Å². The van der Waals surface area contributed by atoms with Crippen molar-refractivity contribution in [1.29, 1.82) is 0 Å². The standard InChI is InChI=1S/C19H31N5O/c1-8-15-16(9-2)24(11-19(15,6)7)18(22-12-21-10-3)14(5)23-13(4)17(20)25/h8-9,12,14H,10-11H2,1-7H3,(H2,20,25)/b15-8+,16-9+,21-12?,22-18?,23-13?. The van der Waals surface area contributed by atoms with Crippen molar-refractivity contribution in [3.05, 3.63) is 23.4 Å². The minimum Gasteiger partial charge on any atom is -0.365 e. The van der Waals surface area contributed by atoms with Crippen LogP contribution in [0.5, 0.6) is 0 Å². The van der Waals surface area contributed by atoms with E-state index in [1.54, 1.807) is 13.3 Å². The van der Waals surface area contributed by atoms with Crippen LogP contribution in [0.1, 0.15) is 48.5 Å². The number of carbonyl (C=O) groups is 1. The Morgan fingerprint density at radius 1 is 1.36 bits per heavy atom. The van der Waals surface area contributed by atoms with E-state index in [-0.39, 0.29) is 11.5 Å². The number of nitrogens with two attached hydrogens (primary N) is 1. The van der Waals surface area contributed by atoms with E-state index in [1.165, 1.54) is 5.57 Å². The van der Waals surface area contributed by atoms with Gasteiger partial charge in [0.15, 0.2) is 0 Å². The predicted octanol–water partition coefficient (Wildman–Crippen LogP) is 2.96. The van der Waals surface area contributed by atoms with E-state index in [1.807, 2.05) is 20.8 Å². The van der Waals surface area contributed by atoms with Crippen LogP contribution in [0.2, 0.25) is 0 Å². The molecule has 6 heteroatoms. The minimum atomic E-state index is -0.518. The zero-order valence-corrected chi connectivity index (χ0v) is 16.5. The summed E-state index contributed by atoms with van der Waals surface area (Å²) >= 11 is 0.